The van der Waals surface area contributed by atoms with Gasteiger partial charge in [0.05, 0.1) is 41.5 Å². The molecule has 3 heterocycles. The molecule has 1 aromatic carbocycles. The maximum atomic E-state index is 14.5. The van der Waals surface area contributed by atoms with E-state index in [1.54, 1.807) is 20.8 Å². The Morgan fingerprint density at radius 2 is 1.87 bits per heavy atom. The number of pyridine rings is 1. The Labute approximate surface area is 278 Å². The molecule has 2 N–H and O–H groups in total. The summed E-state index contributed by atoms with van der Waals surface area (Å²) in [4.78, 5) is 17.1. The normalized spacial score (nSPS) is 23.9. The molecule has 0 bridgehead atoms. The van der Waals surface area contributed by atoms with Crippen LogP contribution in [0.3, 0.4) is 0 Å². The summed E-state index contributed by atoms with van der Waals surface area (Å²) < 4.78 is 132. The molecular formula is C32H42BF3N4O6. The summed E-state index contributed by atoms with van der Waals surface area (Å²) in [6.07, 6.45) is -4.20. The Hall–Kier alpha value is -3.33. The third-order valence-electron chi connectivity index (χ3n) is 7.67. The highest BCUT2D eigenvalue weighted by molar-refractivity contribution is 6.33. The van der Waals surface area contributed by atoms with Crippen molar-refractivity contribution in [2.75, 3.05) is 44.6 Å². The first kappa shape index (κ1) is 24.8. The minimum Gasteiger partial charge on any atom is -0.512 e. The summed E-state index contributed by atoms with van der Waals surface area (Å²) in [5.41, 5.74) is -1.46. The molecule has 0 amide bonds. The van der Waals surface area contributed by atoms with Gasteiger partial charge in [0.2, 0.25) is 0 Å². The monoisotopic (exact) mass is 654 g/mol. The van der Waals surface area contributed by atoms with Gasteiger partial charge in [-0.05, 0) is 56.0 Å². The number of anilines is 1. The molecule has 2 aliphatic rings. The standard InChI is InChI=1S/C32H42BF3N4O6/c1-20(44-5)29-26(14-23(17-37-29)39-12-10-38(11-13-39)22-6-7-22)30-27(16-31(3,4)19-45-21(2)41)25-15-24(46-33(42)43)8-9-28(25)40(30)18-32(34,35)36/h8-9,14-15,17,20,22,42-43H,6-7,10-13,16,18-19H2,1-5H3/t20-/m0/s1/i10D2,11D2,12D2,13D2. The highest BCUT2D eigenvalue weighted by Gasteiger charge is 2.36. The van der Waals surface area contributed by atoms with Crippen LogP contribution in [0.2, 0.25) is 0 Å². The number of halogens is 3. The van der Waals surface area contributed by atoms with E-state index in [0.717, 1.165) is 16.8 Å². The van der Waals surface area contributed by atoms with Crippen molar-refractivity contribution in [2.45, 2.75) is 71.8 Å². The molecule has 3 aromatic rings. The van der Waals surface area contributed by atoms with Gasteiger partial charge >= 0.3 is 19.5 Å². The summed E-state index contributed by atoms with van der Waals surface area (Å²) in [6, 6.07) is 4.19. The van der Waals surface area contributed by atoms with Crippen molar-refractivity contribution in [1.82, 2.24) is 14.5 Å². The van der Waals surface area contributed by atoms with Crippen LogP contribution in [-0.4, -0.2) is 89.7 Å². The molecule has 5 rings (SSSR count). The maximum absolute atomic E-state index is 14.5. The maximum Gasteiger partial charge on any atom is 0.707 e. The van der Waals surface area contributed by atoms with Crippen molar-refractivity contribution < 1.29 is 53.1 Å². The zero-order valence-electron chi connectivity index (χ0n) is 34.1. The van der Waals surface area contributed by atoms with Gasteiger partial charge in [0.25, 0.3) is 0 Å². The quantitative estimate of drug-likeness (QED) is 0.212. The van der Waals surface area contributed by atoms with Crippen molar-refractivity contribution in [3.8, 4) is 17.0 Å². The van der Waals surface area contributed by atoms with Gasteiger partial charge < -0.3 is 33.6 Å². The van der Waals surface area contributed by atoms with E-state index < -0.39 is 75.2 Å². The fraction of sp³-hybridized carbons (Fsp3) is 0.562. The number of aromatic nitrogens is 2. The lowest BCUT2D eigenvalue weighted by Crippen LogP contribution is -2.47. The lowest BCUT2D eigenvalue weighted by atomic mass is 9.84. The number of ether oxygens (including phenoxy) is 2. The number of alkyl halides is 3. The van der Waals surface area contributed by atoms with Gasteiger partial charge in [0.15, 0.2) is 0 Å². The second kappa shape index (κ2) is 13.4. The van der Waals surface area contributed by atoms with Gasteiger partial charge in [-0.25, -0.2) is 0 Å². The topological polar surface area (TPSA) is 110 Å². The van der Waals surface area contributed by atoms with Gasteiger partial charge in [0.1, 0.15) is 12.3 Å². The van der Waals surface area contributed by atoms with Gasteiger partial charge in [-0.15, -0.1) is 0 Å². The van der Waals surface area contributed by atoms with Crippen molar-refractivity contribution >= 4 is 29.9 Å². The Balaban J connectivity index is 1.88. The first-order valence-electron chi connectivity index (χ1n) is 18.7. The van der Waals surface area contributed by atoms with Gasteiger partial charge in [-0.1, -0.05) is 13.8 Å². The van der Waals surface area contributed by atoms with Crippen LogP contribution in [0.1, 0.15) is 68.9 Å². The van der Waals surface area contributed by atoms with Crippen LogP contribution in [0, 0.1) is 5.41 Å². The molecule has 14 heteroatoms. The van der Waals surface area contributed by atoms with Crippen LogP contribution >= 0.6 is 0 Å². The fourth-order valence-electron chi connectivity index (χ4n) is 5.38. The Morgan fingerprint density at radius 3 is 2.46 bits per heavy atom. The molecular weight excluding hydrogens is 604 g/mol. The minimum absolute atomic E-state index is 0.00168. The van der Waals surface area contributed by atoms with E-state index in [2.05, 4.69) is 4.98 Å². The number of methoxy groups -OCH3 is 1. The molecule has 2 fully saturated rings. The van der Waals surface area contributed by atoms with Crippen molar-refractivity contribution in [1.29, 1.82) is 0 Å². The number of rotatable bonds is 12. The van der Waals surface area contributed by atoms with E-state index in [1.165, 1.54) is 32.2 Å². The smallest absolute Gasteiger partial charge is 0.512 e. The number of carbonyl (C=O) groups is 1. The number of hydrogen-bond acceptors (Lipinski definition) is 9. The number of piperazine rings is 1. The number of nitrogens with zero attached hydrogens (tertiary/aromatic N) is 4. The predicted octanol–water partition coefficient (Wildman–Crippen LogP) is 4.74. The van der Waals surface area contributed by atoms with Gasteiger partial charge in [-0.3, -0.25) is 14.7 Å². The van der Waals surface area contributed by atoms with E-state index in [9.17, 15) is 28.0 Å². The van der Waals surface area contributed by atoms with Crippen LogP contribution in [0.4, 0.5) is 18.9 Å². The number of fused-ring (bicyclic) bond motifs is 1. The fourth-order valence-corrected chi connectivity index (χ4v) is 5.38. The Kier molecular flexibility index (Phi) is 7.23. The molecule has 250 valence electrons. The zero-order valence-corrected chi connectivity index (χ0v) is 26.1. The molecule has 1 aliphatic carbocycles. The first-order chi connectivity index (χ1) is 24.7. The van der Waals surface area contributed by atoms with E-state index in [4.69, 9.17) is 25.1 Å². The average molecular weight is 655 g/mol. The largest absolute Gasteiger partial charge is 0.707 e. The molecule has 1 saturated carbocycles. The minimum atomic E-state index is -4.83. The summed E-state index contributed by atoms with van der Waals surface area (Å²) in [7, 11) is -0.953. The van der Waals surface area contributed by atoms with Crippen molar-refractivity contribution in [3.63, 3.8) is 0 Å². The molecule has 2 aromatic heterocycles. The Bertz CT molecular complexity index is 1880. The second-order valence-electron chi connectivity index (χ2n) is 12.2. The molecule has 0 spiro atoms. The van der Waals surface area contributed by atoms with Crippen LogP contribution in [0.25, 0.3) is 22.2 Å². The summed E-state index contributed by atoms with van der Waals surface area (Å²) in [5.74, 6) is -0.724. The average Bonchev–Trinajstić information content (AvgIpc) is 3.81. The lowest BCUT2D eigenvalue weighted by Gasteiger charge is -2.36. The molecule has 1 saturated heterocycles. The van der Waals surface area contributed by atoms with E-state index in [0.29, 0.717) is 22.6 Å². The van der Waals surface area contributed by atoms with E-state index >= 15 is 0 Å². The Morgan fingerprint density at radius 1 is 1.17 bits per heavy atom. The van der Waals surface area contributed by atoms with Gasteiger partial charge in [0, 0.05) is 73.4 Å². The molecule has 1 aliphatic heterocycles. The first-order valence-corrected chi connectivity index (χ1v) is 14.7. The van der Waals surface area contributed by atoms with Crippen molar-refractivity contribution in [3.05, 3.63) is 41.7 Å². The molecule has 1 atom stereocenters. The van der Waals surface area contributed by atoms with Crippen LogP contribution in [0.5, 0.6) is 5.75 Å². The molecule has 0 unspecified atom stereocenters. The number of hydrogen-bond donors (Lipinski definition) is 2. The lowest BCUT2D eigenvalue weighted by molar-refractivity contribution is -0.144. The van der Waals surface area contributed by atoms with E-state index in [1.807, 2.05) is 0 Å². The zero-order chi connectivity index (χ0) is 40.6. The highest BCUT2D eigenvalue weighted by Crippen LogP contribution is 2.44. The SMILES string of the molecule is [2H]C1([2H])N(c2cnc([C@H](C)OC)c(-c3c(CC(C)(C)COC(C)=O)c4cc(OB(O)O)ccc4n3CC(F)(F)F)c2)C([2H])([2H])C([2H])([2H])N(C2CC2)C1([2H])[2H]. The van der Waals surface area contributed by atoms with Crippen molar-refractivity contribution in [2.24, 2.45) is 5.41 Å². The summed E-state index contributed by atoms with van der Waals surface area (Å²) >= 11 is 0. The third kappa shape index (κ3) is 7.96. The van der Waals surface area contributed by atoms with Crippen LogP contribution in [0.15, 0.2) is 30.5 Å². The number of benzene rings is 1. The predicted molar refractivity (Wildman–Crippen MR) is 168 cm³/mol. The molecule has 46 heavy (non-hydrogen) atoms. The highest BCUT2D eigenvalue weighted by atomic mass is 19.4. The third-order valence-corrected chi connectivity index (χ3v) is 7.67. The van der Waals surface area contributed by atoms with E-state index in [-0.39, 0.29) is 52.2 Å². The summed E-state index contributed by atoms with van der Waals surface area (Å²) in [5, 5.41) is 19.2. The molecule has 10 nitrogen and oxygen atoms in total. The van der Waals surface area contributed by atoms with Crippen LogP contribution < -0.4 is 9.55 Å². The van der Waals surface area contributed by atoms with Crippen LogP contribution in [-0.2, 0) is 27.2 Å². The second-order valence-corrected chi connectivity index (χ2v) is 12.2. The number of carbonyl (C=O) groups excluding carboxylic acids is 1. The molecule has 0 radical (unpaired) electrons. The number of esters is 1. The summed E-state index contributed by atoms with van der Waals surface area (Å²) in [6.45, 7) is -8.34. The van der Waals surface area contributed by atoms with Gasteiger partial charge in [-0.2, -0.15) is 13.2 Å².